The van der Waals surface area contributed by atoms with Crippen molar-refractivity contribution >= 4 is 0 Å². The Morgan fingerprint density at radius 2 is 2.00 bits per heavy atom. The van der Waals surface area contributed by atoms with Crippen molar-refractivity contribution in [2.45, 2.75) is 20.4 Å². The van der Waals surface area contributed by atoms with Gasteiger partial charge >= 0.3 is 0 Å². The van der Waals surface area contributed by atoms with E-state index in [4.69, 9.17) is 0 Å². The summed E-state index contributed by atoms with van der Waals surface area (Å²) in [5.41, 5.74) is 4.06. The average molecular weight is 152 g/mol. The second-order valence-electron chi connectivity index (χ2n) is 3.31. The van der Waals surface area contributed by atoms with Crippen LogP contribution in [0.15, 0.2) is 6.20 Å². The standard InChI is InChI=1S/C9H16N2/c1-7-5-10-9(8(7)2)6-11(3)4/h5,10H,6H2,1-4H3. The lowest BCUT2D eigenvalue weighted by Gasteiger charge is -2.08. The minimum absolute atomic E-state index is 1.000. The van der Waals surface area contributed by atoms with Crippen molar-refractivity contribution in [2.75, 3.05) is 14.1 Å². The highest BCUT2D eigenvalue weighted by atomic mass is 15.1. The van der Waals surface area contributed by atoms with E-state index < -0.39 is 0 Å². The summed E-state index contributed by atoms with van der Waals surface area (Å²) in [6.07, 6.45) is 2.06. The van der Waals surface area contributed by atoms with Crippen molar-refractivity contribution in [1.29, 1.82) is 0 Å². The van der Waals surface area contributed by atoms with Crippen molar-refractivity contribution in [3.8, 4) is 0 Å². The van der Waals surface area contributed by atoms with Crippen LogP contribution in [0.3, 0.4) is 0 Å². The Morgan fingerprint density at radius 1 is 1.36 bits per heavy atom. The number of aromatic nitrogens is 1. The number of nitrogens with one attached hydrogen (secondary N) is 1. The largest absolute Gasteiger partial charge is 0.363 e. The van der Waals surface area contributed by atoms with Crippen molar-refractivity contribution in [3.05, 3.63) is 23.0 Å². The molecule has 1 heterocycles. The number of aryl methyl sites for hydroxylation is 1. The second kappa shape index (κ2) is 3.09. The molecule has 0 fully saturated rings. The Kier molecular flexibility index (Phi) is 2.35. The van der Waals surface area contributed by atoms with Crippen molar-refractivity contribution < 1.29 is 0 Å². The summed E-state index contributed by atoms with van der Waals surface area (Å²) in [6, 6.07) is 0. The summed E-state index contributed by atoms with van der Waals surface area (Å²) in [4.78, 5) is 5.43. The molecule has 0 spiro atoms. The highest BCUT2D eigenvalue weighted by Crippen LogP contribution is 2.11. The fourth-order valence-electron chi connectivity index (χ4n) is 1.13. The lowest BCUT2D eigenvalue weighted by molar-refractivity contribution is 0.397. The van der Waals surface area contributed by atoms with E-state index in [1.54, 1.807) is 0 Å². The highest BCUT2D eigenvalue weighted by Gasteiger charge is 2.02. The monoisotopic (exact) mass is 152 g/mol. The zero-order valence-corrected chi connectivity index (χ0v) is 7.73. The molecule has 1 N–H and O–H groups in total. The van der Waals surface area contributed by atoms with Crippen LogP contribution in [0.5, 0.6) is 0 Å². The van der Waals surface area contributed by atoms with Crippen LogP contribution in [0, 0.1) is 13.8 Å². The van der Waals surface area contributed by atoms with E-state index in [1.165, 1.54) is 16.8 Å². The third-order valence-electron chi connectivity index (χ3n) is 1.98. The fourth-order valence-corrected chi connectivity index (χ4v) is 1.13. The van der Waals surface area contributed by atoms with Crippen LogP contribution in [0.1, 0.15) is 16.8 Å². The van der Waals surface area contributed by atoms with Gasteiger partial charge < -0.3 is 9.88 Å². The Hall–Kier alpha value is -0.760. The van der Waals surface area contributed by atoms with Crippen LogP contribution in [0.4, 0.5) is 0 Å². The molecular formula is C9H16N2. The lowest BCUT2D eigenvalue weighted by atomic mass is 10.2. The van der Waals surface area contributed by atoms with Crippen molar-refractivity contribution in [2.24, 2.45) is 0 Å². The third kappa shape index (κ3) is 1.84. The molecule has 1 rings (SSSR count). The number of aromatic amines is 1. The molecule has 0 radical (unpaired) electrons. The molecule has 2 nitrogen and oxygen atoms in total. The van der Waals surface area contributed by atoms with Crippen LogP contribution in [-0.4, -0.2) is 24.0 Å². The molecule has 0 aliphatic rings. The van der Waals surface area contributed by atoms with E-state index in [2.05, 4.69) is 44.0 Å². The average Bonchev–Trinajstić information content (AvgIpc) is 2.18. The summed E-state index contributed by atoms with van der Waals surface area (Å²) < 4.78 is 0. The molecular weight excluding hydrogens is 136 g/mol. The number of hydrogen-bond acceptors (Lipinski definition) is 1. The first-order chi connectivity index (χ1) is 5.11. The molecule has 0 atom stereocenters. The van der Waals surface area contributed by atoms with Crippen LogP contribution < -0.4 is 0 Å². The summed E-state index contributed by atoms with van der Waals surface area (Å²) in [5.74, 6) is 0. The molecule has 1 aromatic heterocycles. The zero-order chi connectivity index (χ0) is 8.43. The first-order valence-electron chi connectivity index (χ1n) is 3.89. The van der Waals surface area contributed by atoms with Crippen molar-refractivity contribution in [1.82, 2.24) is 9.88 Å². The van der Waals surface area contributed by atoms with Gasteiger partial charge in [-0.25, -0.2) is 0 Å². The van der Waals surface area contributed by atoms with E-state index in [9.17, 15) is 0 Å². The van der Waals surface area contributed by atoms with Gasteiger partial charge in [0.05, 0.1) is 0 Å². The molecule has 0 aliphatic carbocycles. The molecule has 11 heavy (non-hydrogen) atoms. The Labute approximate surface area is 68.2 Å². The molecule has 1 aromatic rings. The predicted octanol–water partition coefficient (Wildman–Crippen LogP) is 1.69. The molecule has 0 unspecified atom stereocenters. The molecule has 0 aliphatic heterocycles. The third-order valence-corrected chi connectivity index (χ3v) is 1.98. The highest BCUT2D eigenvalue weighted by molar-refractivity contribution is 5.27. The number of nitrogens with zero attached hydrogens (tertiary/aromatic N) is 1. The van der Waals surface area contributed by atoms with Gasteiger partial charge in [0, 0.05) is 18.4 Å². The van der Waals surface area contributed by atoms with Crippen molar-refractivity contribution in [3.63, 3.8) is 0 Å². The van der Waals surface area contributed by atoms with Gasteiger partial charge in [-0.3, -0.25) is 0 Å². The van der Waals surface area contributed by atoms with Gasteiger partial charge in [0.1, 0.15) is 0 Å². The normalized spacial score (nSPS) is 11.0. The van der Waals surface area contributed by atoms with Gasteiger partial charge in [0.25, 0.3) is 0 Å². The summed E-state index contributed by atoms with van der Waals surface area (Å²) >= 11 is 0. The van der Waals surface area contributed by atoms with Crippen LogP contribution in [0.2, 0.25) is 0 Å². The van der Waals surface area contributed by atoms with Crippen LogP contribution in [-0.2, 0) is 6.54 Å². The maximum Gasteiger partial charge on any atom is 0.0381 e. The Morgan fingerprint density at radius 3 is 2.36 bits per heavy atom. The van der Waals surface area contributed by atoms with Crippen LogP contribution in [0.25, 0.3) is 0 Å². The summed E-state index contributed by atoms with van der Waals surface area (Å²) in [5, 5.41) is 0. The van der Waals surface area contributed by atoms with Gasteiger partial charge in [0.15, 0.2) is 0 Å². The zero-order valence-electron chi connectivity index (χ0n) is 7.73. The summed E-state index contributed by atoms with van der Waals surface area (Å²) in [7, 11) is 4.16. The minimum Gasteiger partial charge on any atom is -0.363 e. The molecule has 62 valence electrons. The SMILES string of the molecule is Cc1c[nH]c(CN(C)C)c1C. The van der Waals surface area contributed by atoms with E-state index >= 15 is 0 Å². The lowest BCUT2D eigenvalue weighted by Crippen LogP contribution is -2.11. The predicted molar refractivity (Wildman–Crippen MR) is 47.7 cm³/mol. The van der Waals surface area contributed by atoms with Gasteiger partial charge in [0.2, 0.25) is 0 Å². The maximum atomic E-state index is 3.26. The van der Waals surface area contributed by atoms with E-state index in [1.807, 2.05) is 0 Å². The van der Waals surface area contributed by atoms with E-state index in [-0.39, 0.29) is 0 Å². The molecule has 0 saturated carbocycles. The van der Waals surface area contributed by atoms with Gasteiger partial charge in [-0.1, -0.05) is 0 Å². The maximum absolute atomic E-state index is 3.26. The van der Waals surface area contributed by atoms with E-state index in [0.29, 0.717) is 0 Å². The smallest absolute Gasteiger partial charge is 0.0381 e. The molecule has 0 saturated heterocycles. The number of rotatable bonds is 2. The minimum atomic E-state index is 1.000. The second-order valence-corrected chi connectivity index (χ2v) is 3.31. The van der Waals surface area contributed by atoms with Gasteiger partial charge in [-0.2, -0.15) is 0 Å². The molecule has 2 heteroatoms. The van der Waals surface area contributed by atoms with Gasteiger partial charge in [-0.15, -0.1) is 0 Å². The van der Waals surface area contributed by atoms with E-state index in [0.717, 1.165) is 6.54 Å². The fraction of sp³-hybridized carbons (Fsp3) is 0.556. The molecule has 0 aromatic carbocycles. The number of hydrogen-bond donors (Lipinski definition) is 1. The first-order valence-corrected chi connectivity index (χ1v) is 3.89. The quantitative estimate of drug-likeness (QED) is 0.683. The molecule has 0 bridgehead atoms. The Balaban J connectivity index is 2.79. The number of H-pyrrole nitrogens is 1. The summed E-state index contributed by atoms with van der Waals surface area (Å²) in [6.45, 7) is 5.29. The van der Waals surface area contributed by atoms with Crippen LogP contribution >= 0.6 is 0 Å². The first kappa shape index (κ1) is 8.34. The Bertz CT molecular complexity index is 236. The molecule has 0 amide bonds. The topological polar surface area (TPSA) is 19.0 Å². The van der Waals surface area contributed by atoms with Gasteiger partial charge in [-0.05, 0) is 39.1 Å².